The highest BCUT2D eigenvalue weighted by atomic mass is 16.5. The van der Waals surface area contributed by atoms with E-state index in [4.69, 9.17) is 4.52 Å². The van der Waals surface area contributed by atoms with Crippen LogP contribution in [-0.4, -0.2) is 27.2 Å². The Hall–Kier alpha value is -2.89. The molecule has 1 aromatic carbocycles. The second kappa shape index (κ2) is 6.91. The quantitative estimate of drug-likeness (QED) is 0.710. The van der Waals surface area contributed by atoms with Crippen molar-refractivity contribution in [3.05, 3.63) is 60.4 Å². The van der Waals surface area contributed by atoms with E-state index in [0.29, 0.717) is 12.2 Å². The number of nitrogens with one attached hydrogen (secondary N) is 1. The summed E-state index contributed by atoms with van der Waals surface area (Å²) in [5.41, 5.74) is 2.76. The van der Waals surface area contributed by atoms with E-state index in [9.17, 15) is 4.79 Å². The molecule has 2 heterocycles. The Bertz CT molecular complexity index is 760. The fourth-order valence-electron chi connectivity index (χ4n) is 2.21. The third-order valence-corrected chi connectivity index (χ3v) is 3.52. The fourth-order valence-corrected chi connectivity index (χ4v) is 2.21. The van der Waals surface area contributed by atoms with E-state index in [1.165, 1.54) is 5.56 Å². The van der Waals surface area contributed by atoms with Gasteiger partial charge in [0.05, 0.1) is 6.33 Å². The normalized spacial score (nSPS) is 10.7. The highest BCUT2D eigenvalue weighted by molar-refractivity contribution is 5.92. The minimum absolute atomic E-state index is 0.225. The molecule has 0 atom stereocenters. The molecule has 0 aliphatic heterocycles. The number of hydrogen-bond donors (Lipinski definition) is 1. The second-order valence-corrected chi connectivity index (χ2v) is 5.35. The van der Waals surface area contributed by atoms with Gasteiger partial charge in [0.25, 0.3) is 5.91 Å². The molecular weight excluding hydrogens is 292 g/mol. The Labute approximate surface area is 134 Å². The van der Waals surface area contributed by atoms with Crippen LogP contribution in [0.1, 0.15) is 22.5 Å². The van der Waals surface area contributed by atoms with Gasteiger partial charge in [-0.1, -0.05) is 35.0 Å². The first kappa shape index (κ1) is 15.0. The number of carbonyl (C=O) groups excluding carboxylic acids is 1. The monoisotopic (exact) mass is 310 g/mol. The highest BCUT2D eigenvalue weighted by Crippen LogP contribution is 2.19. The summed E-state index contributed by atoms with van der Waals surface area (Å²) in [7, 11) is 0. The lowest BCUT2D eigenvalue weighted by atomic mass is 10.1. The number of carbonyl (C=O) groups is 1. The van der Waals surface area contributed by atoms with Gasteiger partial charge in [0.1, 0.15) is 5.69 Å². The van der Waals surface area contributed by atoms with Crippen LogP contribution in [0.25, 0.3) is 11.3 Å². The SMILES string of the molecule is Cc1ccc(-c2cc(C(=O)NCCCn3ccnc3)on2)cc1. The molecule has 3 rings (SSSR count). The predicted octanol–water partition coefficient (Wildman–Crippen LogP) is 2.67. The van der Waals surface area contributed by atoms with Crippen molar-refractivity contribution in [2.45, 2.75) is 19.9 Å². The molecule has 0 saturated heterocycles. The van der Waals surface area contributed by atoms with Crippen LogP contribution in [0.5, 0.6) is 0 Å². The van der Waals surface area contributed by atoms with Crippen molar-refractivity contribution in [1.29, 1.82) is 0 Å². The second-order valence-electron chi connectivity index (χ2n) is 5.35. The first-order valence-electron chi connectivity index (χ1n) is 7.50. The lowest BCUT2D eigenvalue weighted by Crippen LogP contribution is -2.24. The van der Waals surface area contributed by atoms with Crippen molar-refractivity contribution in [1.82, 2.24) is 20.0 Å². The number of nitrogens with zero attached hydrogens (tertiary/aromatic N) is 3. The minimum atomic E-state index is -0.249. The van der Waals surface area contributed by atoms with E-state index < -0.39 is 0 Å². The summed E-state index contributed by atoms with van der Waals surface area (Å²) in [5.74, 6) is -0.0234. The minimum Gasteiger partial charge on any atom is -0.350 e. The molecule has 6 heteroatoms. The molecule has 2 aromatic heterocycles. The molecular formula is C17H18N4O2. The Morgan fingerprint density at radius 3 is 2.87 bits per heavy atom. The Balaban J connectivity index is 1.52. The average Bonchev–Trinajstić information content (AvgIpc) is 3.24. The van der Waals surface area contributed by atoms with Gasteiger partial charge in [0.2, 0.25) is 5.76 Å². The third-order valence-electron chi connectivity index (χ3n) is 3.52. The van der Waals surface area contributed by atoms with Crippen molar-refractivity contribution in [2.75, 3.05) is 6.54 Å². The zero-order valence-corrected chi connectivity index (χ0v) is 12.9. The van der Waals surface area contributed by atoms with Crippen molar-refractivity contribution in [2.24, 2.45) is 0 Å². The number of aryl methyl sites for hydroxylation is 2. The first-order valence-corrected chi connectivity index (χ1v) is 7.50. The van der Waals surface area contributed by atoms with Crippen molar-refractivity contribution in [3.63, 3.8) is 0 Å². The molecule has 0 fully saturated rings. The van der Waals surface area contributed by atoms with Gasteiger partial charge in [-0.2, -0.15) is 0 Å². The zero-order chi connectivity index (χ0) is 16.1. The molecule has 0 radical (unpaired) electrons. The maximum absolute atomic E-state index is 12.0. The molecule has 0 aliphatic rings. The lowest BCUT2D eigenvalue weighted by molar-refractivity contribution is 0.0916. The van der Waals surface area contributed by atoms with Gasteiger partial charge in [-0.3, -0.25) is 4.79 Å². The van der Waals surface area contributed by atoms with Crippen molar-refractivity contribution < 1.29 is 9.32 Å². The smallest absolute Gasteiger partial charge is 0.289 e. The maximum Gasteiger partial charge on any atom is 0.289 e. The number of aromatic nitrogens is 3. The molecule has 0 spiro atoms. The van der Waals surface area contributed by atoms with E-state index in [1.54, 1.807) is 18.6 Å². The maximum atomic E-state index is 12.0. The molecule has 118 valence electrons. The standard InChI is InChI=1S/C17H18N4O2/c1-13-3-5-14(6-4-13)15-11-16(23-20-15)17(22)19-7-2-9-21-10-8-18-12-21/h3-6,8,10-12H,2,7,9H2,1H3,(H,19,22). The zero-order valence-electron chi connectivity index (χ0n) is 12.9. The van der Waals surface area contributed by atoms with Gasteiger partial charge < -0.3 is 14.4 Å². The Kier molecular flexibility index (Phi) is 4.52. The van der Waals surface area contributed by atoms with Gasteiger partial charge in [-0.25, -0.2) is 4.98 Å². The average molecular weight is 310 g/mol. The van der Waals surface area contributed by atoms with E-state index in [2.05, 4.69) is 15.5 Å². The van der Waals surface area contributed by atoms with Crippen molar-refractivity contribution >= 4 is 5.91 Å². The summed E-state index contributed by atoms with van der Waals surface area (Å²) >= 11 is 0. The summed E-state index contributed by atoms with van der Waals surface area (Å²) in [6, 6.07) is 9.58. The van der Waals surface area contributed by atoms with E-state index in [-0.39, 0.29) is 11.7 Å². The van der Waals surface area contributed by atoms with Gasteiger partial charge in [0.15, 0.2) is 0 Å². The van der Waals surface area contributed by atoms with Gasteiger partial charge in [0, 0.05) is 37.1 Å². The van der Waals surface area contributed by atoms with Gasteiger partial charge in [-0.05, 0) is 13.3 Å². The molecule has 3 aromatic rings. The molecule has 0 saturated carbocycles. The first-order chi connectivity index (χ1) is 11.2. The molecule has 1 amide bonds. The number of amides is 1. The molecule has 0 aliphatic carbocycles. The lowest BCUT2D eigenvalue weighted by Gasteiger charge is -2.03. The van der Waals surface area contributed by atoms with Crippen LogP contribution >= 0.6 is 0 Å². The van der Waals surface area contributed by atoms with Crippen LogP contribution in [0, 0.1) is 6.92 Å². The number of imidazole rings is 1. The number of benzene rings is 1. The number of rotatable bonds is 6. The van der Waals surface area contributed by atoms with Crippen LogP contribution in [0.4, 0.5) is 0 Å². The molecule has 0 unspecified atom stereocenters. The van der Waals surface area contributed by atoms with Crippen LogP contribution in [0.3, 0.4) is 0 Å². The predicted molar refractivity (Wildman–Crippen MR) is 85.9 cm³/mol. The third kappa shape index (κ3) is 3.85. The summed E-state index contributed by atoms with van der Waals surface area (Å²) in [5, 5.41) is 6.79. The van der Waals surface area contributed by atoms with Gasteiger partial charge in [-0.15, -0.1) is 0 Å². The molecule has 0 bridgehead atoms. The van der Waals surface area contributed by atoms with Crippen LogP contribution < -0.4 is 5.32 Å². The van der Waals surface area contributed by atoms with Gasteiger partial charge >= 0.3 is 0 Å². The summed E-state index contributed by atoms with van der Waals surface area (Å²) < 4.78 is 7.11. The molecule has 1 N–H and O–H groups in total. The molecule has 6 nitrogen and oxygen atoms in total. The summed E-state index contributed by atoms with van der Waals surface area (Å²) in [6.07, 6.45) is 6.21. The Morgan fingerprint density at radius 2 is 2.13 bits per heavy atom. The summed E-state index contributed by atoms with van der Waals surface area (Å²) in [4.78, 5) is 16.0. The Morgan fingerprint density at radius 1 is 1.30 bits per heavy atom. The van der Waals surface area contributed by atoms with E-state index in [1.807, 2.05) is 42.0 Å². The summed E-state index contributed by atoms with van der Waals surface area (Å²) in [6.45, 7) is 3.40. The largest absolute Gasteiger partial charge is 0.350 e. The van der Waals surface area contributed by atoms with E-state index >= 15 is 0 Å². The molecule has 23 heavy (non-hydrogen) atoms. The number of hydrogen-bond acceptors (Lipinski definition) is 4. The van der Waals surface area contributed by atoms with Crippen LogP contribution in [0.15, 0.2) is 53.6 Å². The topological polar surface area (TPSA) is 73.0 Å². The van der Waals surface area contributed by atoms with E-state index in [0.717, 1.165) is 18.5 Å². The van der Waals surface area contributed by atoms with Crippen LogP contribution in [0.2, 0.25) is 0 Å². The van der Waals surface area contributed by atoms with Crippen molar-refractivity contribution in [3.8, 4) is 11.3 Å². The highest BCUT2D eigenvalue weighted by Gasteiger charge is 2.13. The fraction of sp³-hybridized carbons (Fsp3) is 0.235. The van der Waals surface area contributed by atoms with Crippen LogP contribution in [-0.2, 0) is 6.54 Å².